The van der Waals surface area contributed by atoms with Gasteiger partial charge in [-0.3, -0.25) is 9.59 Å². The minimum Gasteiger partial charge on any atom is -0.357 e. The van der Waals surface area contributed by atoms with Crippen LogP contribution < -0.4 is 10.6 Å². The Labute approximate surface area is 108 Å². The van der Waals surface area contributed by atoms with E-state index in [9.17, 15) is 9.59 Å². The molecule has 2 N–H and O–H groups in total. The average molecular weight is 253 g/mol. The Morgan fingerprint density at radius 1 is 1.33 bits per heavy atom. The van der Waals surface area contributed by atoms with Crippen LogP contribution in [-0.4, -0.2) is 49.4 Å². The summed E-state index contributed by atoms with van der Waals surface area (Å²) in [6, 6.07) is -0.245. The first-order valence-corrected chi connectivity index (χ1v) is 6.94. The highest BCUT2D eigenvalue weighted by Gasteiger charge is 2.32. The van der Waals surface area contributed by atoms with Gasteiger partial charge in [0.05, 0.1) is 0 Å². The molecule has 102 valence electrons. The van der Waals surface area contributed by atoms with Gasteiger partial charge in [-0.2, -0.15) is 0 Å². The fraction of sp³-hybridized carbons (Fsp3) is 0.846. The molecule has 2 fully saturated rings. The SMILES string of the molecule is CNC(=O)C1CCCCN1C(=O)CC1CCNC1. The molecule has 2 saturated heterocycles. The van der Waals surface area contributed by atoms with Gasteiger partial charge in [-0.1, -0.05) is 0 Å². The molecule has 0 aromatic heterocycles. The third-order valence-electron chi connectivity index (χ3n) is 4.00. The highest BCUT2D eigenvalue weighted by Crippen LogP contribution is 2.21. The van der Waals surface area contributed by atoms with E-state index in [1.54, 1.807) is 11.9 Å². The first-order valence-electron chi connectivity index (χ1n) is 6.94. The van der Waals surface area contributed by atoms with Gasteiger partial charge in [0, 0.05) is 20.0 Å². The maximum Gasteiger partial charge on any atom is 0.242 e. The molecule has 2 aliphatic rings. The van der Waals surface area contributed by atoms with Crippen LogP contribution in [0.3, 0.4) is 0 Å². The van der Waals surface area contributed by atoms with E-state index in [0.29, 0.717) is 12.3 Å². The van der Waals surface area contributed by atoms with Gasteiger partial charge in [0.2, 0.25) is 11.8 Å². The Morgan fingerprint density at radius 2 is 2.17 bits per heavy atom. The second kappa shape index (κ2) is 6.18. The molecule has 18 heavy (non-hydrogen) atoms. The van der Waals surface area contributed by atoms with Crippen LogP contribution in [0.5, 0.6) is 0 Å². The fourth-order valence-electron chi connectivity index (χ4n) is 2.92. The van der Waals surface area contributed by atoms with Crippen molar-refractivity contribution in [1.82, 2.24) is 15.5 Å². The maximum absolute atomic E-state index is 12.3. The number of amides is 2. The monoisotopic (exact) mass is 253 g/mol. The standard InChI is InChI=1S/C13H23N3O2/c1-14-13(18)11-4-2-3-7-16(11)12(17)8-10-5-6-15-9-10/h10-11,15H,2-9H2,1H3,(H,14,18). The summed E-state index contributed by atoms with van der Waals surface area (Å²) in [6.07, 6.45) is 4.51. The van der Waals surface area contributed by atoms with Crippen LogP contribution in [0.25, 0.3) is 0 Å². The van der Waals surface area contributed by atoms with Crippen molar-refractivity contribution in [2.45, 2.75) is 38.1 Å². The first-order chi connectivity index (χ1) is 8.72. The number of nitrogens with one attached hydrogen (secondary N) is 2. The van der Waals surface area contributed by atoms with Crippen LogP contribution in [0.15, 0.2) is 0 Å². The summed E-state index contributed by atoms with van der Waals surface area (Å²) < 4.78 is 0. The predicted molar refractivity (Wildman–Crippen MR) is 69.0 cm³/mol. The lowest BCUT2D eigenvalue weighted by Gasteiger charge is -2.35. The molecule has 2 unspecified atom stereocenters. The molecular weight excluding hydrogens is 230 g/mol. The van der Waals surface area contributed by atoms with Crippen LogP contribution in [-0.2, 0) is 9.59 Å². The molecule has 5 nitrogen and oxygen atoms in total. The summed E-state index contributed by atoms with van der Waals surface area (Å²) in [7, 11) is 1.64. The van der Waals surface area contributed by atoms with Crippen LogP contribution >= 0.6 is 0 Å². The van der Waals surface area contributed by atoms with E-state index in [-0.39, 0.29) is 17.9 Å². The topological polar surface area (TPSA) is 61.4 Å². The van der Waals surface area contributed by atoms with Gasteiger partial charge in [0.1, 0.15) is 6.04 Å². The highest BCUT2D eigenvalue weighted by atomic mass is 16.2. The minimum atomic E-state index is -0.245. The number of nitrogens with zero attached hydrogens (tertiary/aromatic N) is 1. The van der Waals surface area contributed by atoms with E-state index in [0.717, 1.165) is 45.3 Å². The van der Waals surface area contributed by atoms with Gasteiger partial charge in [0.15, 0.2) is 0 Å². The zero-order valence-corrected chi connectivity index (χ0v) is 11.1. The third-order valence-corrected chi connectivity index (χ3v) is 4.00. The van der Waals surface area contributed by atoms with Gasteiger partial charge in [0.25, 0.3) is 0 Å². The van der Waals surface area contributed by atoms with E-state index in [1.165, 1.54) is 0 Å². The zero-order chi connectivity index (χ0) is 13.0. The second-order valence-corrected chi connectivity index (χ2v) is 5.28. The number of rotatable bonds is 3. The molecule has 0 bridgehead atoms. The number of hydrogen-bond acceptors (Lipinski definition) is 3. The Hall–Kier alpha value is -1.10. The summed E-state index contributed by atoms with van der Waals surface area (Å²) in [5.41, 5.74) is 0. The normalized spacial score (nSPS) is 28.2. The van der Waals surface area contributed by atoms with Crippen LogP contribution in [0, 0.1) is 5.92 Å². The number of carbonyl (C=O) groups excluding carboxylic acids is 2. The number of piperidine rings is 1. The molecule has 0 spiro atoms. The quantitative estimate of drug-likeness (QED) is 0.750. The maximum atomic E-state index is 12.3. The molecule has 0 aliphatic carbocycles. The summed E-state index contributed by atoms with van der Waals surface area (Å²) in [5, 5.41) is 5.94. The van der Waals surface area contributed by atoms with E-state index in [1.807, 2.05) is 0 Å². The molecule has 0 radical (unpaired) electrons. The average Bonchev–Trinajstić information content (AvgIpc) is 2.90. The van der Waals surface area contributed by atoms with Gasteiger partial charge < -0.3 is 15.5 Å². The smallest absolute Gasteiger partial charge is 0.242 e. The van der Waals surface area contributed by atoms with Crippen LogP contribution in [0.4, 0.5) is 0 Å². The molecule has 5 heteroatoms. The predicted octanol–water partition coefficient (Wildman–Crippen LogP) is 0.113. The molecule has 2 amide bonds. The highest BCUT2D eigenvalue weighted by molar-refractivity contribution is 5.87. The number of likely N-dealkylation sites (tertiary alicyclic amines) is 1. The van der Waals surface area contributed by atoms with Crippen LogP contribution in [0.1, 0.15) is 32.1 Å². The lowest BCUT2D eigenvalue weighted by Crippen LogP contribution is -2.51. The van der Waals surface area contributed by atoms with Crippen LogP contribution in [0.2, 0.25) is 0 Å². The van der Waals surface area contributed by atoms with Crippen molar-refractivity contribution >= 4 is 11.8 Å². The lowest BCUT2D eigenvalue weighted by atomic mass is 9.98. The molecule has 2 aliphatic heterocycles. The van der Waals surface area contributed by atoms with Gasteiger partial charge >= 0.3 is 0 Å². The van der Waals surface area contributed by atoms with Crippen molar-refractivity contribution in [3.05, 3.63) is 0 Å². The van der Waals surface area contributed by atoms with Gasteiger partial charge in [-0.15, -0.1) is 0 Å². The van der Waals surface area contributed by atoms with Crippen molar-refractivity contribution in [2.75, 3.05) is 26.7 Å². The number of likely N-dealkylation sites (N-methyl/N-ethyl adjacent to an activating group) is 1. The Balaban J connectivity index is 1.94. The van der Waals surface area contributed by atoms with E-state index < -0.39 is 0 Å². The van der Waals surface area contributed by atoms with Crippen molar-refractivity contribution in [1.29, 1.82) is 0 Å². The van der Waals surface area contributed by atoms with Crippen molar-refractivity contribution in [2.24, 2.45) is 5.92 Å². The Bertz CT molecular complexity index is 313. The first kappa shape index (κ1) is 13.3. The van der Waals surface area contributed by atoms with Gasteiger partial charge in [-0.05, 0) is 44.7 Å². The fourth-order valence-corrected chi connectivity index (χ4v) is 2.92. The van der Waals surface area contributed by atoms with E-state index in [2.05, 4.69) is 10.6 Å². The molecule has 0 aromatic carbocycles. The molecular formula is C13H23N3O2. The van der Waals surface area contributed by atoms with Crippen molar-refractivity contribution in [3.8, 4) is 0 Å². The minimum absolute atomic E-state index is 0.0207. The lowest BCUT2D eigenvalue weighted by molar-refractivity contribution is -0.142. The summed E-state index contributed by atoms with van der Waals surface area (Å²) in [5.74, 6) is 0.578. The largest absolute Gasteiger partial charge is 0.357 e. The zero-order valence-electron chi connectivity index (χ0n) is 11.1. The molecule has 2 rings (SSSR count). The molecule has 0 saturated carbocycles. The Kier molecular flexibility index (Phi) is 4.58. The molecule has 0 aromatic rings. The van der Waals surface area contributed by atoms with Crippen molar-refractivity contribution in [3.63, 3.8) is 0 Å². The van der Waals surface area contributed by atoms with E-state index in [4.69, 9.17) is 0 Å². The van der Waals surface area contributed by atoms with Gasteiger partial charge in [-0.25, -0.2) is 0 Å². The Morgan fingerprint density at radius 3 is 2.83 bits per heavy atom. The number of hydrogen-bond donors (Lipinski definition) is 2. The molecule has 2 atom stereocenters. The number of carbonyl (C=O) groups is 2. The van der Waals surface area contributed by atoms with Crippen molar-refractivity contribution < 1.29 is 9.59 Å². The third kappa shape index (κ3) is 3.02. The molecule has 2 heterocycles. The second-order valence-electron chi connectivity index (χ2n) is 5.28. The summed E-state index contributed by atoms with van der Waals surface area (Å²) in [6.45, 7) is 2.68. The van der Waals surface area contributed by atoms with E-state index >= 15 is 0 Å². The summed E-state index contributed by atoms with van der Waals surface area (Å²) >= 11 is 0. The summed E-state index contributed by atoms with van der Waals surface area (Å²) in [4.78, 5) is 25.9.